The lowest BCUT2D eigenvalue weighted by Gasteiger charge is -2.11. The second-order valence-electron chi connectivity index (χ2n) is 6.86. The zero-order chi connectivity index (χ0) is 19.5. The monoisotopic (exact) mass is 381 g/mol. The molecule has 4 N–H and O–H groups in total. The van der Waals surface area contributed by atoms with E-state index in [0.29, 0.717) is 18.1 Å². The Labute approximate surface area is 161 Å². The molecule has 0 saturated heterocycles. The minimum absolute atomic E-state index is 0.0198. The van der Waals surface area contributed by atoms with Gasteiger partial charge in [0.25, 0.3) is 5.91 Å². The van der Waals surface area contributed by atoms with Gasteiger partial charge in [-0.2, -0.15) is 5.10 Å². The number of carbonyl (C=O) groups excluding carboxylic acids is 1. The van der Waals surface area contributed by atoms with Gasteiger partial charge in [-0.1, -0.05) is 12.1 Å². The quantitative estimate of drug-likeness (QED) is 0.553. The summed E-state index contributed by atoms with van der Waals surface area (Å²) in [5.41, 5.74) is 7.33. The average molecular weight is 381 g/mol. The third-order valence-corrected chi connectivity index (χ3v) is 4.45. The Hall–Kier alpha value is -3.49. The van der Waals surface area contributed by atoms with Crippen LogP contribution in [0.3, 0.4) is 0 Å². The number of primary amides is 1. The van der Waals surface area contributed by atoms with E-state index in [4.69, 9.17) is 5.73 Å². The Morgan fingerprint density at radius 2 is 2.14 bits per heavy atom. The van der Waals surface area contributed by atoms with Crippen molar-refractivity contribution in [1.82, 2.24) is 20.0 Å². The van der Waals surface area contributed by atoms with Gasteiger partial charge in [-0.05, 0) is 36.5 Å². The largest absolute Gasteiger partial charge is 0.379 e. The van der Waals surface area contributed by atoms with Gasteiger partial charge in [0, 0.05) is 25.4 Å². The fourth-order valence-electron chi connectivity index (χ4n) is 2.85. The van der Waals surface area contributed by atoms with E-state index < -0.39 is 5.91 Å². The number of nitrogens with zero attached hydrogens (tertiary/aromatic N) is 4. The third kappa shape index (κ3) is 4.43. The summed E-state index contributed by atoms with van der Waals surface area (Å²) < 4.78 is 15.2. The van der Waals surface area contributed by atoms with Gasteiger partial charge in [0.2, 0.25) is 0 Å². The standard InChI is InChI=1S/C19H20FN7O/c20-14-3-1-2-13(6-14)8-22-16-7-17(25-26-18(16)19(21)28)24-15-9-23-27(11-15)10-12-4-5-12/h1-3,6-7,9,11-12H,4-5,8,10H2,(H2,21,28)(H2,22,24,25). The van der Waals surface area contributed by atoms with Crippen molar-refractivity contribution in [3.8, 4) is 0 Å². The summed E-state index contributed by atoms with van der Waals surface area (Å²) in [4.78, 5) is 11.7. The lowest BCUT2D eigenvalue weighted by atomic mass is 10.2. The molecule has 3 aromatic rings. The topological polar surface area (TPSA) is 111 Å². The number of nitrogens with one attached hydrogen (secondary N) is 2. The lowest BCUT2D eigenvalue weighted by Crippen LogP contribution is -2.17. The molecule has 28 heavy (non-hydrogen) atoms. The Morgan fingerprint density at radius 3 is 2.89 bits per heavy atom. The van der Waals surface area contributed by atoms with Crippen molar-refractivity contribution in [2.75, 3.05) is 10.6 Å². The van der Waals surface area contributed by atoms with Crippen LogP contribution in [-0.4, -0.2) is 25.9 Å². The van der Waals surface area contributed by atoms with Crippen molar-refractivity contribution >= 4 is 23.1 Å². The number of hydrogen-bond donors (Lipinski definition) is 3. The highest BCUT2D eigenvalue weighted by molar-refractivity contribution is 5.96. The minimum atomic E-state index is -0.696. The number of hydrogen-bond acceptors (Lipinski definition) is 6. The molecule has 0 atom stereocenters. The Balaban J connectivity index is 1.49. The van der Waals surface area contributed by atoms with Crippen LogP contribution in [0.15, 0.2) is 42.7 Å². The van der Waals surface area contributed by atoms with Crippen LogP contribution in [0.5, 0.6) is 0 Å². The molecule has 0 unspecified atom stereocenters. The van der Waals surface area contributed by atoms with Crippen molar-refractivity contribution in [2.45, 2.75) is 25.9 Å². The molecule has 0 bridgehead atoms. The highest BCUT2D eigenvalue weighted by Crippen LogP contribution is 2.30. The van der Waals surface area contributed by atoms with Crippen LogP contribution >= 0.6 is 0 Å². The first kappa shape index (κ1) is 17.9. The molecule has 1 saturated carbocycles. The Morgan fingerprint density at radius 1 is 1.29 bits per heavy atom. The third-order valence-electron chi connectivity index (χ3n) is 4.45. The number of amides is 1. The van der Waals surface area contributed by atoms with E-state index in [1.807, 2.05) is 10.9 Å². The van der Waals surface area contributed by atoms with Crippen molar-refractivity contribution in [3.05, 3.63) is 59.8 Å². The molecular formula is C19H20FN7O. The van der Waals surface area contributed by atoms with E-state index in [1.54, 1.807) is 24.4 Å². The van der Waals surface area contributed by atoms with E-state index in [0.717, 1.165) is 23.7 Å². The fourth-order valence-corrected chi connectivity index (χ4v) is 2.85. The van der Waals surface area contributed by atoms with Crippen LogP contribution in [0.25, 0.3) is 0 Å². The first-order chi connectivity index (χ1) is 13.6. The second kappa shape index (κ2) is 7.63. The highest BCUT2D eigenvalue weighted by Gasteiger charge is 2.22. The van der Waals surface area contributed by atoms with Gasteiger partial charge in [-0.25, -0.2) is 4.39 Å². The maximum absolute atomic E-state index is 13.3. The molecule has 2 aromatic heterocycles. The van der Waals surface area contributed by atoms with Crippen LogP contribution in [-0.2, 0) is 13.1 Å². The van der Waals surface area contributed by atoms with Crippen LogP contribution in [0.4, 0.5) is 21.6 Å². The first-order valence-electron chi connectivity index (χ1n) is 9.02. The molecular weight excluding hydrogens is 361 g/mol. The molecule has 0 aliphatic heterocycles. The number of nitrogens with two attached hydrogens (primary N) is 1. The van der Waals surface area contributed by atoms with Crippen molar-refractivity contribution in [2.24, 2.45) is 11.7 Å². The van der Waals surface area contributed by atoms with Gasteiger partial charge in [-0.3, -0.25) is 9.48 Å². The number of halogens is 1. The average Bonchev–Trinajstić information content (AvgIpc) is 3.37. The molecule has 144 valence electrons. The van der Waals surface area contributed by atoms with E-state index in [2.05, 4.69) is 25.9 Å². The minimum Gasteiger partial charge on any atom is -0.379 e. The van der Waals surface area contributed by atoms with Gasteiger partial charge in [0.1, 0.15) is 5.82 Å². The molecule has 0 radical (unpaired) electrons. The fraction of sp³-hybridized carbons (Fsp3) is 0.263. The van der Waals surface area contributed by atoms with E-state index in [1.165, 1.54) is 25.0 Å². The number of benzene rings is 1. The summed E-state index contributed by atoms with van der Waals surface area (Å²) in [7, 11) is 0. The van der Waals surface area contributed by atoms with Gasteiger partial charge in [0.15, 0.2) is 11.5 Å². The smallest absolute Gasteiger partial charge is 0.271 e. The van der Waals surface area contributed by atoms with Crippen LogP contribution in [0.2, 0.25) is 0 Å². The van der Waals surface area contributed by atoms with Gasteiger partial charge < -0.3 is 16.4 Å². The summed E-state index contributed by atoms with van der Waals surface area (Å²) in [6.07, 6.45) is 6.12. The summed E-state index contributed by atoms with van der Waals surface area (Å²) in [6, 6.07) is 7.84. The van der Waals surface area contributed by atoms with E-state index >= 15 is 0 Å². The van der Waals surface area contributed by atoms with Gasteiger partial charge in [0.05, 0.1) is 17.6 Å². The number of aromatic nitrogens is 4. The summed E-state index contributed by atoms with van der Waals surface area (Å²) in [6.45, 7) is 1.22. The zero-order valence-electron chi connectivity index (χ0n) is 15.1. The molecule has 4 rings (SSSR count). The zero-order valence-corrected chi connectivity index (χ0v) is 15.1. The molecule has 8 nitrogen and oxygen atoms in total. The normalized spacial score (nSPS) is 13.3. The Bertz CT molecular complexity index is 999. The Kier molecular flexibility index (Phi) is 4.88. The van der Waals surface area contributed by atoms with Gasteiger partial charge >= 0.3 is 0 Å². The maximum Gasteiger partial charge on any atom is 0.271 e. The summed E-state index contributed by atoms with van der Waals surface area (Å²) in [5, 5.41) is 18.4. The van der Waals surface area contributed by atoms with Crippen molar-refractivity contribution in [3.63, 3.8) is 0 Å². The van der Waals surface area contributed by atoms with Crippen molar-refractivity contribution < 1.29 is 9.18 Å². The predicted molar refractivity (Wildman–Crippen MR) is 103 cm³/mol. The SMILES string of the molecule is NC(=O)c1nnc(Nc2cnn(CC3CC3)c2)cc1NCc1cccc(F)c1. The molecule has 2 heterocycles. The molecule has 1 fully saturated rings. The number of rotatable bonds is 8. The molecule has 1 aromatic carbocycles. The first-order valence-corrected chi connectivity index (χ1v) is 9.02. The van der Waals surface area contributed by atoms with Crippen LogP contribution < -0.4 is 16.4 Å². The summed E-state index contributed by atoms with van der Waals surface area (Å²) in [5.74, 6) is 0.143. The van der Waals surface area contributed by atoms with Crippen LogP contribution in [0.1, 0.15) is 28.9 Å². The van der Waals surface area contributed by atoms with E-state index in [-0.39, 0.29) is 11.5 Å². The molecule has 0 spiro atoms. The number of carbonyl (C=O) groups is 1. The molecule has 1 aliphatic carbocycles. The molecule has 1 aliphatic rings. The molecule has 9 heteroatoms. The van der Waals surface area contributed by atoms with Crippen LogP contribution in [0, 0.1) is 11.7 Å². The van der Waals surface area contributed by atoms with Crippen molar-refractivity contribution in [1.29, 1.82) is 0 Å². The lowest BCUT2D eigenvalue weighted by molar-refractivity contribution is 0.0995. The number of anilines is 3. The maximum atomic E-state index is 13.3. The summed E-state index contributed by atoms with van der Waals surface area (Å²) >= 11 is 0. The molecule has 1 amide bonds. The second-order valence-corrected chi connectivity index (χ2v) is 6.86. The predicted octanol–water partition coefficient (Wildman–Crippen LogP) is 2.68. The highest BCUT2D eigenvalue weighted by atomic mass is 19.1. The van der Waals surface area contributed by atoms with Gasteiger partial charge in [-0.15, -0.1) is 10.2 Å². The van der Waals surface area contributed by atoms with E-state index in [9.17, 15) is 9.18 Å².